The second kappa shape index (κ2) is 50.7. The Balaban J connectivity index is 3.42. The molecular formula is C55H109NO4. The van der Waals surface area contributed by atoms with Gasteiger partial charge in [0.15, 0.2) is 0 Å². The molecule has 60 heavy (non-hydrogen) atoms. The molecule has 0 aromatic carbocycles. The van der Waals surface area contributed by atoms with E-state index in [2.05, 4.69) is 31.3 Å². The molecule has 0 aliphatic heterocycles. The molecule has 0 aromatic rings. The van der Waals surface area contributed by atoms with Crippen LogP contribution in [0.1, 0.15) is 309 Å². The van der Waals surface area contributed by atoms with Crippen molar-refractivity contribution in [3.8, 4) is 0 Å². The first kappa shape index (κ1) is 59.1. The van der Waals surface area contributed by atoms with Crippen LogP contribution in [0.5, 0.6) is 0 Å². The summed E-state index contributed by atoms with van der Waals surface area (Å²) in [6.45, 7) is 4.19. The molecule has 0 bridgehead atoms. The van der Waals surface area contributed by atoms with E-state index >= 15 is 0 Å². The van der Waals surface area contributed by atoms with E-state index in [1.54, 1.807) is 0 Å². The summed E-state index contributed by atoms with van der Waals surface area (Å²) in [4.78, 5) is 12.5. The van der Waals surface area contributed by atoms with Crippen LogP contribution in [0.2, 0.25) is 0 Å². The minimum atomic E-state index is -1.13. The zero-order valence-corrected chi connectivity index (χ0v) is 40.9. The number of aliphatic hydroxyl groups is 3. The highest BCUT2D eigenvalue weighted by Crippen LogP contribution is 2.18. The molecular weight excluding hydrogens is 739 g/mol. The molecule has 4 N–H and O–H groups in total. The smallest absolute Gasteiger partial charge is 0.220 e. The Kier molecular flexibility index (Phi) is 50.0. The lowest BCUT2D eigenvalue weighted by molar-refractivity contribution is -0.124. The summed E-state index contributed by atoms with van der Waals surface area (Å²) in [7, 11) is 0. The van der Waals surface area contributed by atoms with Crippen LogP contribution in [-0.2, 0) is 4.79 Å². The first-order chi connectivity index (χ1) is 29.6. The maximum absolute atomic E-state index is 12.5. The van der Waals surface area contributed by atoms with Gasteiger partial charge in [0, 0.05) is 6.42 Å². The summed E-state index contributed by atoms with van der Waals surface area (Å²) < 4.78 is 0. The summed E-state index contributed by atoms with van der Waals surface area (Å²) in [5.74, 6) is -0.140. The second-order valence-electron chi connectivity index (χ2n) is 19.1. The highest BCUT2D eigenvalue weighted by molar-refractivity contribution is 5.76. The Hall–Kier alpha value is -0.910. The number of carbonyl (C=O) groups excluding carboxylic acids is 1. The van der Waals surface area contributed by atoms with Gasteiger partial charge in [-0.25, -0.2) is 0 Å². The molecule has 3 atom stereocenters. The maximum atomic E-state index is 12.5. The highest BCUT2D eigenvalue weighted by atomic mass is 16.3. The van der Waals surface area contributed by atoms with E-state index in [0.29, 0.717) is 12.8 Å². The van der Waals surface area contributed by atoms with Gasteiger partial charge in [-0.2, -0.15) is 0 Å². The second-order valence-corrected chi connectivity index (χ2v) is 19.1. The minimum absolute atomic E-state index is 0.140. The number of allylic oxidation sites excluding steroid dienone is 2. The van der Waals surface area contributed by atoms with Crippen molar-refractivity contribution < 1.29 is 20.1 Å². The number of aliphatic hydroxyl groups excluding tert-OH is 3. The van der Waals surface area contributed by atoms with Crippen LogP contribution < -0.4 is 5.32 Å². The minimum Gasteiger partial charge on any atom is -0.394 e. The summed E-state index contributed by atoms with van der Waals surface area (Å²) in [6.07, 6.45) is 62.4. The fourth-order valence-electron chi connectivity index (χ4n) is 8.87. The first-order valence-electron chi connectivity index (χ1n) is 27.5. The monoisotopic (exact) mass is 848 g/mol. The average Bonchev–Trinajstić information content (AvgIpc) is 3.25. The molecule has 0 spiro atoms. The number of carbonyl (C=O) groups is 1. The SMILES string of the molecule is CCCCCCCCCCCCCCCC/C=C\CCCCCCCCCCCCCCCCCCCC(=O)NC(CO)C(O)C(O)CCCCCCCCCCCCC. The van der Waals surface area contributed by atoms with Crippen LogP contribution in [0.25, 0.3) is 0 Å². The molecule has 0 aliphatic rings. The van der Waals surface area contributed by atoms with Crippen molar-refractivity contribution in [1.29, 1.82) is 0 Å². The average molecular weight is 848 g/mol. The number of rotatable bonds is 51. The van der Waals surface area contributed by atoms with Crippen molar-refractivity contribution >= 4 is 5.91 Å². The van der Waals surface area contributed by atoms with E-state index in [4.69, 9.17) is 0 Å². The summed E-state index contributed by atoms with van der Waals surface area (Å²) in [5.41, 5.74) is 0. The molecule has 5 nitrogen and oxygen atoms in total. The fourth-order valence-corrected chi connectivity index (χ4v) is 8.87. The largest absolute Gasteiger partial charge is 0.394 e. The molecule has 0 rings (SSSR count). The zero-order chi connectivity index (χ0) is 43.7. The van der Waals surface area contributed by atoms with Gasteiger partial charge in [-0.3, -0.25) is 4.79 Å². The van der Waals surface area contributed by atoms with Gasteiger partial charge in [-0.1, -0.05) is 276 Å². The van der Waals surface area contributed by atoms with E-state index in [9.17, 15) is 20.1 Å². The lowest BCUT2D eigenvalue weighted by Crippen LogP contribution is -2.50. The number of hydrogen-bond acceptors (Lipinski definition) is 4. The van der Waals surface area contributed by atoms with Crippen molar-refractivity contribution in [3.05, 3.63) is 12.2 Å². The van der Waals surface area contributed by atoms with Crippen LogP contribution in [0.3, 0.4) is 0 Å². The third-order valence-corrected chi connectivity index (χ3v) is 13.1. The molecule has 5 heteroatoms. The van der Waals surface area contributed by atoms with Crippen LogP contribution >= 0.6 is 0 Å². The van der Waals surface area contributed by atoms with Gasteiger partial charge in [0.25, 0.3) is 0 Å². The normalized spacial score (nSPS) is 13.3. The van der Waals surface area contributed by atoms with E-state index in [-0.39, 0.29) is 12.5 Å². The topological polar surface area (TPSA) is 89.8 Å². The Morgan fingerprint density at radius 2 is 0.667 bits per heavy atom. The van der Waals surface area contributed by atoms with Gasteiger partial charge in [0.2, 0.25) is 5.91 Å². The molecule has 0 aliphatic carbocycles. The quantitative estimate of drug-likeness (QED) is 0.0363. The molecule has 0 saturated carbocycles. The van der Waals surface area contributed by atoms with Gasteiger partial charge < -0.3 is 20.6 Å². The lowest BCUT2D eigenvalue weighted by Gasteiger charge is -2.26. The maximum Gasteiger partial charge on any atom is 0.220 e. The summed E-state index contributed by atoms with van der Waals surface area (Å²) >= 11 is 0. The third kappa shape index (κ3) is 45.1. The van der Waals surface area contributed by atoms with Crippen molar-refractivity contribution in [2.45, 2.75) is 327 Å². The van der Waals surface area contributed by atoms with Crippen LogP contribution in [0, 0.1) is 0 Å². The summed E-state index contributed by atoms with van der Waals surface area (Å²) in [6, 6.07) is -0.804. The zero-order valence-electron chi connectivity index (χ0n) is 40.9. The molecule has 0 radical (unpaired) electrons. The highest BCUT2D eigenvalue weighted by Gasteiger charge is 2.26. The van der Waals surface area contributed by atoms with Gasteiger partial charge in [-0.15, -0.1) is 0 Å². The molecule has 1 amide bonds. The van der Waals surface area contributed by atoms with Crippen molar-refractivity contribution in [2.24, 2.45) is 0 Å². The predicted octanol–water partition coefficient (Wildman–Crippen LogP) is 16.7. The number of nitrogens with one attached hydrogen (secondary N) is 1. The third-order valence-electron chi connectivity index (χ3n) is 13.1. The van der Waals surface area contributed by atoms with Crippen LogP contribution in [0.4, 0.5) is 0 Å². The Bertz CT molecular complexity index is 848. The predicted molar refractivity (Wildman–Crippen MR) is 264 cm³/mol. The Morgan fingerprint density at radius 3 is 0.967 bits per heavy atom. The van der Waals surface area contributed by atoms with Gasteiger partial charge in [0.1, 0.15) is 6.10 Å². The van der Waals surface area contributed by atoms with Gasteiger partial charge in [0.05, 0.1) is 18.8 Å². The van der Waals surface area contributed by atoms with E-state index in [1.165, 1.54) is 244 Å². The van der Waals surface area contributed by atoms with E-state index in [1.807, 2.05) is 0 Å². The molecule has 0 saturated heterocycles. The van der Waals surface area contributed by atoms with E-state index < -0.39 is 18.2 Å². The molecule has 0 fully saturated rings. The van der Waals surface area contributed by atoms with Gasteiger partial charge in [-0.05, 0) is 38.5 Å². The van der Waals surface area contributed by atoms with Crippen LogP contribution in [-0.4, -0.2) is 46.1 Å². The Morgan fingerprint density at radius 1 is 0.400 bits per heavy atom. The van der Waals surface area contributed by atoms with Gasteiger partial charge >= 0.3 is 0 Å². The first-order valence-corrected chi connectivity index (χ1v) is 27.5. The lowest BCUT2D eigenvalue weighted by atomic mass is 9.99. The van der Waals surface area contributed by atoms with Crippen LogP contribution in [0.15, 0.2) is 12.2 Å². The van der Waals surface area contributed by atoms with Crippen molar-refractivity contribution in [3.63, 3.8) is 0 Å². The number of unbranched alkanes of at least 4 members (excludes halogenated alkanes) is 41. The number of amides is 1. The Labute approximate surface area is 376 Å². The molecule has 0 aromatic heterocycles. The standard InChI is InChI=1S/C55H109NO4/c1-3-5-7-9-11-13-15-16-17-18-19-20-21-22-23-24-25-26-27-28-29-30-31-32-33-34-35-36-37-38-40-42-44-46-48-50-54(59)56-52(51-57)55(60)53(58)49-47-45-43-41-39-14-12-10-8-6-4-2/h24-25,52-53,55,57-58,60H,3-23,26-51H2,1-2H3,(H,56,59)/b25-24-. The van der Waals surface area contributed by atoms with Crippen molar-refractivity contribution in [1.82, 2.24) is 5.32 Å². The molecule has 358 valence electrons. The summed E-state index contributed by atoms with van der Waals surface area (Å²) in [5, 5.41) is 33.6. The van der Waals surface area contributed by atoms with Crippen molar-refractivity contribution in [2.75, 3.05) is 6.61 Å². The molecule has 0 heterocycles. The van der Waals surface area contributed by atoms with E-state index in [0.717, 1.165) is 38.5 Å². The number of hydrogen-bond donors (Lipinski definition) is 4. The molecule has 3 unspecified atom stereocenters. The fraction of sp³-hybridized carbons (Fsp3) is 0.945.